The Balaban J connectivity index is 2.25. The number of hydrogen-bond donors (Lipinski definition) is 3. The van der Waals surface area contributed by atoms with Gasteiger partial charge in [0.15, 0.2) is 0 Å². The third-order valence-electron chi connectivity index (χ3n) is 3.16. The lowest BCUT2D eigenvalue weighted by Gasteiger charge is -2.24. The molecule has 1 amide bonds. The molecule has 106 valence electrons. The maximum Gasteiger partial charge on any atom is 0.221 e. The molecule has 5 heteroatoms. The standard InChI is InChI=1S/C13H27N3O2/c1-11(2)15-13(18)5-7-16(8-9-17)10-12-4-3-6-14-12/h11-12,14,17H,3-10H2,1-2H3,(H,15,18). The number of nitrogens with zero attached hydrogens (tertiary/aromatic N) is 1. The van der Waals surface area contributed by atoms with Crippen molar-refractivity contribution in [1.29, 1.82) is 0 Å². The van der Waals surface area contributed by atoms with E-state index < -0.39 is 0 Å². The monoisotopic (exact) mass is 257 g/mol. The average molecular weight is 257 g/mol. The molecule has 0 aromatic carbocycles. The minimum Gasteiger partial charge on any atom is -0.395 e. The molecule has 0 aromatic rings. The topological polar surface area (TPSA) is 64.6 Å². The van der Waals surface area contributed by atoms with Crippen LogP contribution >= 0.6 is 0 Å². The molecule has 18 heavy (non-hydrogen) atoms. The summed E-state index contributed by atoms with van der Waals surface area (Å²) in [7, 11) is 0. The minimum absolute atomic E-state index is 0.0901. The number of nitrogens with one attached hydrogen (secondary N) is 2. The number of aliphatic hydroxyl groups is 1. The zero-order valence-electron chi connectivity index (χ0n) is 11.6. The summed E-state index contributed by atoms with van der Waals surface area (Å²) in [6, 6.07) is 0.713. The van der Waals surface area contributed by atoms with E-state index >= 15 is 0 Å². The molecule has 0 aromatic heterocycles. The van der Waals surface area contributed by atoms with Gasteiger partial charge in [0.05, 0.1) is 6.61 Å². The minimum atomic E-state index is 0.0901. The molecule has 0 spiro atoms. The van der Waals surface area contributed by atoms with Gasteiger partial charge in [0.25, 0.3) is 0 Å². The molecule has 1 aliphatic heterocycles. The molecular weight excluding hydrogens is 230 g/mol. The number of carbonyl (C=O) groups excluding carboxylic acids is 1. The second-order valence-corrected chi connectivity index (χ2v) is 5.29. The summed E-state index contributed by atoms with van der Waals surface area (Å²) in [5.41, 5.74) is 0. The zero-order valence-corrected chi connectivity index (χ0v) is 11.6. The number of hydrogen-bond acceptors (Lipinski definition) is 4. The van der Waals surface area contributed by atoms with E-state index in [1.165, 1.54) is 12.8 Å². The van der Waals surface area contributed by atoms with Crippen LogP contribution < -0.4 is 10.6 Å². The SMILES string of the molecule is CC(C)NC(=O)CCN(CCO)CC1CCCN1. The first-order valence-corrected chi connectivity index (χ1v) is 6.97. The summed E-state index contributed by atoms with van der Waals surface area (Å²) in [5.74, 6) is 0.0901. The van der Waals surface area contributed by atoms with Gasteiger partial charge >= 0.3 is 0 Å². The molecule has 1 saturated heterocycles. The van der Waals surface area contributed by atoms with Crippen molar-refractivity contribution in [3.05, 3.63) is 0 Å². The van der Waals surface area contributed by atoms with Crippen molar-refractivity contribution in [3.8, 4) is 0 Å². The molecule has 0 saturated carbocycles. The Morgan fingerprint density at radius 3 is 2.83 bits per heavy atom. The second kappa shape index (κ2) is 8.45. The summed E-state index contributed by atoms with van der Waals surface area (Å²) in [6.45, 7) is 7.46. The molecule has 1 aliphatic rings. The second-order valence-electron chi connectivity index (χ2n) is 5.29. The fourth-order valence-electron chi connectivity index (χ4n) is 2.31. The van der Waals surface area contributed by atoms with Gasteiger partial charge in [-0.3, -0.25) is 9.69 Å². The Labute approximate surface area is 110 Å². The fourth-order valence-corrected chi connectivity index (χ4v) is 2.31. The molecule has 0 aliphatic carbocycles. The summed E-state index contributed by atoms with van der Waals surface area (Å²) < 4.78 is 0. The zero-order chi connectivity index (χ0) is 13.4. The van der Waals surface area contributed by atoms with Gasteiger partial charge in [0, 0.05) is 38.1 Å². The third kappa shape index (κ3) is 6.33. The highest BCUT2D eigenvalue weighted by atomic mass is 16.3. The molecule has 1 rings (SSSR count). The average Bonchev–Trinajstić information content (AvgIpc) is 2.78. The van der Waals surface area contributed by atoms with E-state index in [1.807, 2.05) is 13.8 Å². The van der Waals surface area contributed by atoms with Crippen LogP contribution in [0.25, 0.3) is 0 Å². The first kappa shape index (κ1) is 15.4. The smallest absolute Gasteiger partial charge is 0.221 e. The molecule has 0 bridgehead atoms. The highest BCUT2D eigenvalue weighted by molar-refractivity contribution is 5.76. The van der Waals surface area contributed by atoms with Crippen molar-refractivity contribution in [3.63, 3.8) is 0 Å². The van der Waals surface area contributed by atoms with Gasteiger partial charge in [-0.25, -0.2) is 0 Å². The van der Waals surface area contributed by atoms with Crippen LogP contribution in [0.1, 0.15) is 33.1 Å². The molecule has 0 radical (unpaired) electrons. The Bertz CT molecular complexity index is 240. The number of amides is 1. The number of rotatable bonds is 8. The summed E-state index contributed by atoms with van der Waals surface area (Å²) in [6.07, 6.45) is 2.93. The molecule has 1 fully saturated rings. The number of aliphatic hydroxyl groups excluding tert-OH is 1. The Morgan fingerprint density at radius 1 is 1.50 bits per heavy atom. The first-order valence-electron chi connectivity index (χ1n) is 6.97. The summed E-state index contributed by atoms with van der Waals surface area (Å²) >= 11 is 0. The summed E-state index contributed by atoms with van der Waals surface area (Å²) in [4.78, 5) is 13.8. The Kier molecular flexibility index (Phi) is 7.23. The van der Waals surface area contributed by atoms with Crippen LogP contribution in [0, 0.1) is 0 Å². The van der Waals surface area contributed by atoms with Crippen molar-refractivity contribution >= 4 is 5.91 Å². The van der Waals surface area contributed by atoms with E-state index in [0.29, 0.717) is 19.0 Å². The van der Waals surface area contributed by atoms with E-state index in [-0.39, 0.29) is 18.6 Å². The van der Waals surface area contributed by atoms with Gasteiger partial charge in [0.2, 0.25) is 5.91 Å². The van der Waals surface area contributed by atoms with Crippen LogP contribution in [0.2, 0.25) is 0 Å². The van der Waals surface area contributed by atoms with Gasteiger partial charge in [-0.1, -0.05) is 0 Å². The normalized spacial score (nSPS) is 19.7. The van der Waals surface area contributed by atoms with Crippen molar-refractivity contribution < 1.29 is 9.90 Å². The molecule has 5 nitrogen and oxygen atoms in total. The lowest BCUT2D eigenvalue weighted by atomic mass is 10.2. The van der Waals surface area contributed by atoms with E-state index in [9.17, 15) is 4.79 Å². The maximum absolute atomic E-state index is 11.6. The van der Waals surface area contributed by atoms with Crippen LogP contribution in [0.3, 0.4) is 0 Å². The van der Waals surface area contributed by atoms with Crippen molar-refractivity contribution in [2.45, 2.75) is 45.2 Å². The predicted octanol–water partition coefficient (Wildman–Crippen LogP) is -0.0526. The van der Waals surface area contributed by atoms with Crippen molar-refractivity contribution in [1.82, 2.24) is 15.5 Å². The van der Waals surface area contributed by atoms with Crippen LogP contribution in [0.5, 0.6) is 0 Å². The van der Waals surface area contributed by atoms with Crippen molar-refractivity contribution in [2.75, 3.05) is 32.8 Å². The highest BCUT2D eigenvalue weighted by Crippen LogP contribution is 2.07. The number of carbonyl (C=O) groups is 1. The maximum atomic E-state index is 11.6. The Morgan fingerprint density at radius 2 is 2.28 bits per heavy atom. The van der Waals surface area contributed by atoms with E-state index in [1.54, 1.807) is 0 Å². The third-order valence-corrected chi connectivity index (χ3v) is 3.16. The highest BCUT2D eigenvalue weighted by Gasteiger charge is 2.18. The Hall–Kier alpha value is -0.650. The van der Waals surface area contributed by atoms with Gasteiger partial charge in [-0.05, 0) is 33.2 Å². The van der Waals surface area contributed by atoms with Crippen LogP contribution in [0.4, 0.5) is 0 Å². The van der Waals surface area contributed by atoms with E-state index in [4.69, 9.17) is 5.11 Å². The predicted molar refractivity (Wildman–Crippen MR) is 72.4 cm³/mol. The molecule has 1 heterocycles. The van der Waals surface area contributed by atoms with E-state index in [0.717, 1.165) is 19.6 Å². The van der Waals surface area contributed by atoms with E-state index in [2.05, 4.69) is 15.5 Å². The molecule has 1 atom stereocenters. The largest absolute Gasteiger partial charge is 0.395 e. The van der Waals surface area contributed by atoms with Gasteiger partial charge in [-0.15, -0.1) is 0 Å². The first-order chi connectivity index (χ1) is 8.61. The quantitative estimate of drug-likeness (QED) is 0.570. The molecular formula is C13H27N3O2. The fraction of sp³-hybridized carbons (Fsp3) is 0.923. The summed E-state index contributed by atoms with van der Waals surface area (Å²) in [5, 5.41) is 15.4. The lowest BCUT2D eigenvalue weighted by molar-refractivity contribution is -0.121. The van der Waals surface area contributed by atoms with Gasteiger partial charge in [-0.2, -0.15) is 0 Å². The van der Waals surface area contributed by atoms with Crippen LogP contribution in [-0.2, 0) is 4.79 Å². The van der Waals surface area contributed by atoms with Crippen molar-refractivity contribution in [2.24, 2.45) is 0 Å². The van der Waals surface area contributed by atoms with Gasteiger partial charge < -0.3 is 15.7 Å². The van der Waals surface area contributed by atoms with Crippen LogP contribution in [-0.4, -0.2) is 60.8 Å². The lowest BCUT2D eigenvalue weighted by Crippen LogP contribution is -2.41. The van der Waals surface area contributed by atoms with Crippen LogP contribution in [0.15, 0.2) is 0 Å². The van der Waals surface area contributed by atoms with Gasteiger partial charge in [0.1, 0.15) is 0 Å². The molecule has 1 unspecified atom stereocenters. The molecule has 3 N–H and O–H groups in total.